The van der Waals surface area contributed by atoms with E-state index in [0.717, 1.165) is 18.8 Å². The Hall–Kier alpha value is -3.15. The van der Waals surface area contributed by atoms with E-state index in [1.54, 1.807) is 42.6 Å². The number of amides is 1. The molecule has 0 radical (unpaired) electrons. The van der Waals surface area contributed by atoms with E-state index in [-0.39, 0.29) is 5.91 Å². The smallest absolute Gasteiger partial charge is 0.337 e. The zero-order valence-corrected chi connectivity index (χ0v) is 16.0. The number of anilines is 2. The van der Waals surface area contributed by atoms with Crippen molar-refractivity contribution in [1.82, 2.24) is 4.98 Å². The summed E-state index contributed by atoms with van der Waals surface area (Å²) in [4.78, 5) is 28.3. The summed E-state index contributed by atoms with van der Waals surface area (Å²) < 4.78 is 4.69. The molecule has 0 unspecified atom stereocenters. The lowest BCUT2D eigenvalue weighted by Crippen LogP contribution is -2.13. The number of benzene rings is 1. The average molecular weight is 379 g/mol. The highest BCUT2D eigenvalue weighted by molar-refractivity contribution is 6.04. The fraction of sp³-hybridized carbons (Fsp3) is 0.318. The third kappa shape index (κ3) is 5.42. The number of rotatable bonds is 7. The van der Waals surface area contributed by atoms with E-state index in [0.29, 0.717) is 16.8 Å². The van der Waals surface area contributed by atoms with Gasteiger partial charge in [0.05, 0.1) is 18.2 Å². The van der Waals surface area contributed by atoms with Gasteiger partial charge < -0.3 is 15.4 Å². The fourth-order valence-electron chi connectivity index (χ4n) is 3.16. The first-order valence-electron chi connectivity index (χ1n) is 9.53. The van der Waals surface area contributed by atoms with Crippen molar-refractivity contribution in [2.45, 2.75) is 32.1 Å². The molecule has 6 heteroatoms. The molecule has 3 rings (SSSR count). The van der Waals surface area contributed by atoms with Crippen LogP contribution in [0.4, 0.5) is 11.5 Å². The second kappa shape index (κ2) is 9.69. The molecule has 0 aliphatic heterocycles. The van der Waals surface area contributed by atoms with E-state index in [2.05, 4.69) is 21.7 Å². The van der Waals surface area contributed by atoms with Crippen LogP contribution in [0.2, 0.25) is 0 Å². The minimum atomic E-state index is -0.447. The van der Waals surface area contributed by atoms with Gasteiger partial charge in [0.2, 0.25) is 0 Å². The van der Waals surface area contributed by atoms with Crippen molar-refractivity contribution in [2.24, 2.45) is 0 Å². The van der Waals surface area contributed by atoms with Crippen LogP contribution in [0.3, 0.4) is 0 Å². The van der Waals surface area contributed by atoms with Crippen LogP contribution in [-0.4, -0.2) is 30.5 Å². The minimum absolute atomic E-state index is 0.284. The molecule has 2 aromatic rings. The van der Waals surface area contributed by atoms with E-state index >= 15 is 0 Å². The highest BCUT2D eigenvalue weighted by Gasteiger charge is 2.10. The number of nitrogens with zero attached hydrogens (tertiary/aromatic N) is 1. The predicted octanol–water partition coefficient (Wildman–Crippen LogP) is 4.42. The Morgan fingerprint density at radius 2 is 2.04 bits per heavy atom. The van der Waals surface area contributed by atoms with Gasteiger partial charge in [-0.15, -0.1) is 0 Å². The van der Waals surface area contributed by atoms with Gasteiger partial charge in [0, 0.05) is 18.4 Å². The molecule has 1 amide bonds. The molecule has 1 heterocycles. The maximum Gasteiger partial charge on any atom is 0.337 e. The second-order valence-electron chi connectivity index (χ2n) is 6.74. The number of allylic oxidation sites excluding steroid dienone is 1. The summed E-state index contributed by atoms with van der Waals surface area (Å²) in [7, 11) is 1.32. The molecule has 0 fully saturated rings. The van der Waals surface area contributed by atoms with E-state index in [1.807, 2.05) is 0 Å². The number of carbonyl (C=O) groups excluding carboxylic acids is 2. The molecule has 146 valence electrons. The first kappa shape index (κ1) is 19.6. The van der Waals surface area contributed by atoms with Crippen molar-refractivity contribution in [2.75, 3.05) is 24.3 Å². The van der Waals surface area contributed by atoms with Crippen LogP contribution < -0.4 is 10.6 Å². The molecule has 1 aromatic carbocycles. The molecule has 0 spiro atoms. The van der Waals surface area contributed by atoms with Crippen LogP contribution in [0, 0.1) is 0 Å². The Morgan fingerprint density at radius 3 is 2.75 bits per heavy atom. The van der Waals surface area contributed by atoms with Gasteiger partial charge in [-0.2, -0.15) is 0 Å². The molecule has 0 atom stereocenters. The van der Waals surface area contributed by atoms with Crippen molar-refractivity contribution in [3.63, 3.8) is 0 Å². The largest absolute Gasteiger partial charge is 0.465 e. The topological polar surface area (TPSA) is 80.3 Å². The van der Waals surface area contributed by atoms with Gasteiger partial charge in [0.1, 0.15) is 5.82 Å². The molecular weight excluding hydrogens is 354 g/mol. The van der Waals surface area contributed by atoms with Crippen LogP contribution in [0.5, 0.6) is 0 Å². The Labute approximate surface area is 165 Å². The Kier molecular flexibility index (Phi) is 6.78. The Balaban J connectivity index is 1.53. The lowest BCUT2D eigenvalue weighted by Gasteiger charge is -2.13. The van der Waals surface area contributed by atoms with Crippen LogP contribution >= 0.6 is 0 Å². The SMILES string of the molecule is COC(=O)c1cccc(NC(=O)c2ccc(NCCC3=CCCCC3)nc2)c1. The number of pyridine rings is 1. The second-order valence-corrected chi connectivity index (χ2v) is 6.74. The lowest BCUT2D eigenvalue weighted by molar-refractivity contribution is 0.0600. The van der Waals surface area contributed by atoms with E-state index in [1.165, 1.54) is 38.4 Å². The molecule has 2 N–H and O–H groups in total. The molecule has 1 aliphatic rings. The summed E-state index contributed by atoms with van der Waals surface area (Å²) in [5.41, 5.74) is 2.87. The number of esters is 1. The van der Waals surface area contributed by atoms with Crippen molar-refractivity contribution in [3.05, 3.63) is 65.4 Å². The summed E-state index contributed by atoms with van der Waals surface area (Å²) in [5.74, 6) is 0.0197. The number of hydrogen-bond donors (Lipinski definition) is 2. The quantitative estimate of drug-likeness (QED) is 0.550. The van der Waals surface area contributed by atoms with Crippen molar-refractivity contribution in [1.29, 1.82) is 0 Å². The zero-order chi connectivity index (χ0) is 19.8. The molecule has 0 saturated carbocycles. The van der Waals surface area contributed by atoms with Gasteiger partial charge in [-0.1, -0.05) is 17.7 Å². The summed E-state index contributed by atoms with van der Waals surface area (Å²) >= 11 is 0. The highest BCUT2D eigenvalue weighted by atomic mass is 16.5. The maximum atomic E-state index is 12.4. The van der Waals surface area contributed by atoms with Gasteiger partial charge in [-0.3, -0.25) is 4.79 Å². The first-order chi connectivity index (χ1) is 13.7. The third-order valence-electron chi connectivity index (χ3n) is 4.70. The summed E-state index contributed by atoms with van der Waals surface area (Å²) in [6.07, 6.45) is 9.90. The number of methoxy groups -OCH3 is 1. The summed E-state index contributed by atoms with van der Waals surface area (Å²) in [5, 5.41) is 6.07. The van der Waals surface area contributed by atoms with Gasteiger partial charge in [0.15, 0.2) is 0 Å². The van der Waals surface area contributed by atoms with Crippen LogP contribution in [0.25, 0.3) is 0 Å². The fourth-order valence-corrected chi connectivity index (χ4v) is 3.16. The number of carbonyl (C=O) groups is 2. The van der Waals surface area contributed by atoms with Crippen LogP contribution in [0.15, 0.2) is 54.2 Å². The van der Waals surface area contributed by atoms with Gasteiger partial charge in [-0.25, -0.2) is 9.78 Å². The molecule has 0 saturated heterocycles. The lowest BCUT2D eigenvalue weighted by atomic mass is 9.97. The minimum Gasteiger partial charge on any atom is -0.465 e. The summed E-state index contributed by atoms with van der Waals surface area (Å²) in [6.45, 7) is 0.838. The third-order valence-corrected chi connectivity index (χ3v) is 4.70. The number of nitrogens with one attached hydrogen (secondary N) is 2. The van der Waals surface area contributed by atoms with Gasteiger partial charge in [-0.05, 0) is 62.4 Å². The van der Waals surface area contributed by atoms with E-state index in [9.17, 15) is 9.59 Å². The zero-order valence-electron chi connectivity index (χ0n) is 16.0. The highest BCUT2D eigenvalue weighted by Crippen LogP contribution is 2.20. The Bertz CT molecular complexity index is 860. The molecule has 6 nitrogen and oxygen atoms in total. The monoisotopic (exact) mass is 379 g/mol. The Morgan fingerprint density at radius 1 is 1.14 bits per heavy atom. The van der Waals surface area contributed by atoms with Crippen LogP contribution in [-0.2, 0) is 4.74 Å². The van der Waals surface area contributed by atoms with Gasteiger partial charge >= 0.3 is 5.97 Å². The normalized spacial score (nSPS) is 13.4. The number of ether oxygens (including phenoxy) is 1. The standard InChI is InChI=1S/C22H25N3O3/c1-28-22(27)17-8-5-9-19(14-17)25-21(26)18-10-11-20(24-15-18)23-13-12-16-6-3-2-4-7-16/h5-6,8-11,14-15H,2-4,7,12-13H2,1H3,(H,23,24)(H,25,26). The number of aromatic nitrogens is 1. The van der Waals surface area contributed by atoms with E-state index < -0.39 is 5.97 Å². The summed E-state index contributed by atoms with van der Waals surface area (Å²) in [6, 6.07) is 10.1. The van der Waals surface area contributed by atoms with E-state index in [4.69, 9.17) is 4.74 Å². The van der Waals surface area contributed by atoms with Crippen molar-refractivity contribution in [3.8, 4) is 0 Å². The van der Waals surface area contributed by atoms with Gasteiger partial charge in [0.25, 0.3) is 5.91 Å². The van der Waals surface area contributed by atoms with Crippen molar-refractivity contribution < 1.29 is 14.3 Å². The maximum absolute atomic E-state index is 12.4. The predicted molar refractivity (Wildman–Crippen MR) is 110 cm³/mol. The molecule has 1 aromatic heterocycles. The molecule has 0 bridgehead atoms. The molecule has 1 aliphatic carbocycles. The van der Waals surface area contributed by atoms with Crippen LogP contribution in [0.1, 0.15) is 52.8 Å². The number of hydrogen-bond acceptors (Lipinski definition) is 5. The molecule has 28 heavy (non-hydrogen) atoms. The first-order valence-corrected chi connectivity index (χ1v) is 9.53. The molecular formula is C22H25N3O3. The average Bonchev–Trinajstić information content (AvgIpc) is 2.74. The van der Waals surface area contributed by atoms with Crippen molar-refractivity contribution >= 4 is 23.4 Å².